The van der Waals surface area contributed by atoms with E-state index in [-0.39, 0.29) is 6.04 Å². The van der Waals surface area contributed by atoms with Crippen molar-refractivity contribution in [1.29, 1.82) is 5.26 Å². The number of pyridine rings is 2. The van der Waals surface area contributed by atoms with Gasteiger partial charge in [0.25, 0.3) is 0 Å². The molecule has 10 nitrogen and oxygen atoms in total. The van der Waals surface area contributed by atoms with Crippen molar-refractivity contribution in [2.24, 2.45) is 7.05 Å². The van der Waals surface area contributed by atoms with Crippen LogP contribution in [0.15, 0.2) is 61.6 Å². The highest BCUT2D eigenvalue weighted by Gasteiger charge is 2.25. The summed E-state index contributed by atoms with van der Waals surface area (Å²) < 4.78 is 10.8. The Morgan fingerprint density at radius 2 is 1.92 bits per heavy atom. The van der Waals surface area contributed by atoms with Crippen LogP contribution in [-0.2, 0) is 13.6 Å². The molecule has 5 aromatic heterocycles. The van der Waals surface area contributed by atoms with Gasteiger partial charge in [0.2, 0.25) is 5.88 Å². The number of ether oxygens (including phenoxy) is 1. The minimum Gasteiger partial charge on any atom is -0.481 e. The zero-order valence-corrected chi connectivity index (χ0v) is 20.1. The molecule has 0 bridgehead atoms. The molecule has 6 rings (SSSR count). The summed E-state index contributed by atoms with van der Waals surface area (Å²) in [6.07, 6.45) is 14.2. The molecule has 0 spiro atoms. The van der Waals surface area contributed by atoms with Crippen LogP contribution in [0.5, 0.6) is 5.88 Å². The Bertz CT molecular complexity index is 1570. The average molecular weight is 480 g/mol. The molecule has 1 unspecified atom stereocenters. The second kappa shape index (κ2) is 8.94. The largest absolute Gasteiger partial charge is 0.481 e. The van der Waals surface area contributed by atoms with Gasteiger partial charge in [0.15, 0.2) is 0 Å². The molecule has 0 aliphatic carbocycles. The van der Waals surface area contributed by atoms with Crippen molar-refractivity contribution in [2.75, 3.05) is 20.2 Å². The number of nitriles is 1. The van der Waals surface area contributed by atoms with E-state index >= 15 is 0 Å². The molecule has 5 aromatic rings. The zero-order valence-electron chi connectivity index (χ0n) is 20.1. The monoisotopic (exact) mass is 479 g/mol. The summed E-state index contributed by atoms with van der Waals surface area (Å²) in [5, 5.41) is 23.1. The number of aromatic nitrogens is 7. The number of aryl methyl sites for hydroxylation is 1. The molecule has 1 saturated heterocycles. The predicted molar refractivity (Wildman–Crippen MR) is 133 cm³/mol. The van der Waals surface area contributed by atoms with Gasteiger partial charge in [0.1, 0.15) is 6.07 Å². The third-order valence-electron chi connectivity index (χ3n) is 6.72. The third kappa shape index (κ3) is 3.99. The highest BCUT2D eigenvalue weighted by molar-refractivity contribution is 5.87. The van der Waals surface area contributed by atoms with Crippen molar-refractivity contribution in [2.45, 2.75) is 19.0 Å². The van der Waals surface area contributed by atoms with Gasteiger partial charge in [0.05, 0.1) is 42.8 Å². The van der Waals surface area contributed by atoms with Gasteiger partial charge in [-0.05, 0) is 18.1 Å². The molecule has 0 N–H and O–H groups in total. The summed E-state index contributed by atoms with van der Waals surface area (Å²) in [7, 11) is 3.52. The van der Waals surface area contributed by atoms with Gasteiger partial charge in [-0.2, -0.15) is 20.6 Å². The molecular weight excluding hydrogens is 454 g/mol. The lowest BCUT2D eigenvalue weighted by Gasteiger charge is -2.16. The number of methoxy groups -OCH3 is 1. The van der Waals surface area contributed by atoms with Crippen molar-refractivity contribution in [3.63, 3.8) is 0 Å². The molecule has 10 heteroatoms. The lowest BCUT2D eigenvalue weighted by molar-refractivity contribution is 0.311. The smallest absolute Gasteiger partial charge is 0.212 e. The molecule has 6 heterocycles. The Labute approximate surface area is 208 Å². The summed E-state index contributed by atoms with van der Waals surface area (Å²) in [6.45, 7) is 2.75. The Hall–Kier alpha value is -4.49. The quantitative estimate of drug-likeness (QED) is 0.368. The third-order valence-corrected chi connectivity index (χ3v) is 6.72. The average Bonchev–Trinajstić information content (AvgIpc) is 3.70. The summed E-state index contributed by atoms with van der Waals surface area (Å²) in [6, 6.07) is 8.60. The minimum atomic E-state index is 0.280. The van der Waals surface area contributed by atoms with Crippen LogP contribution in [0.1, 0.15) is 23.6 Å². The van der Waals surface area contributed by atoms with E-state index in [1.807, 2.05) is 44.1 Å². The summed E-state index contributed by atoms with van der Waals surface area (Å²) >= 11 is 0. The van der Waals surface area contributed by atoms with E-state index in [2.05, 4.69) is 49.2 Å². The van der Waals surface area contributed by atoms with E-state index in [4.69, 9.17) is 9.84 Å². The maximum atomic E-state index is 9.69. The number of fused-ring (bicyclic) bond motifs is 1. The fourth-order valence-corrected chi connectivity index (χ4v) is 4.88. The van der Waals surface area contributed by atoms with Gasteiger partial charge in [-0.25, -0.2) is 9.50 Å². The van der Waals surface area contributed by atoms with E-state index in [1.54, 1.807) is 22.5 Å². The Morgan fingerprint density at radius 3 is 2.67 bits per heavy atom. The molecule has 1 atom stereocenters. The Kier molecular flexibility index (Phi) is 5.47. The Morgan fingerprint density at radius 1 is 1.03 bits per heavy atom. The minimum absolute atomic E-state index is 0.280. The first-order valence-electron chi connectivity index (χ1n) is 11.8. The molecule has 0 amide bonds. The van der Waals surface area contributed by atoms with E-state index < -0.39 is 0 Å². The molecule has 0 saturated carbocycles. The lowest BCUT2D eigenvalue weighted by atomic mass is 10.0. The summed E-state index contributed by atoms with van der Waals surface area (Å²) in [4.78, 5) is 6.73. The van der Waals surface area contributed by atoms with Gasteiger partial charge in [0, 0.05) is 79.8 Å². The molecule has 0 aromatic carbocycles. The highest BCUT2D eigenvalue weighted by atomic mass is 16.5. The molecular formula is C26H25N9O. The second-order valence-electron chi connectivity index (χ2n) is 9.10. The topological polar surface area (TPSA) is 102 Å². The van der Waals surface area contributed by atoms with Crippen LogP contribution in [0.25, 0.3) is 27.8 Å². The van der Waals surface area contributed by atoms with Crippen LogP contribution >= 0.6 is 0 Å². The maximum absolute atomic E-state index is 9.69. The maximum Gasteiger partial charge on any atom is 0.212 e. The van der Waals surface area contributed by atoms with Crippen molar-refractivity contribution in [3.05, 3.63) is 72.7 Å². The summed E-state index contributed by atoms with van der Waals surface area (Å²) in [5.41, 5.74) is 6.33. The first-order chi connectivity index (χ1) is 17.6. The fourth-order valence-electron chi connectivity index (χ4n) is 4.88. The van der Waals surface area contributed by atoms with Crippen LogP contribution in [0, 0.1) is 11.3 Å². The van der Waals surface area contributed by atoms with E-state index in [9.17, 15) is 5.26 Å². The standard InChI is InChI=1S/C26H25N9O/c1-32-14-21(11-29-32)19-7-24(26-20(8-27)10-31-35(26)15-19)22-12-30-34(16-22)23-5-6-33(17-23)13-18-3-4-25(36-2)28-9-18/h3-4,7,9-12,14-16,23H,5-6,13,17H2,1-2H3. The molecule has 0 radical (unpaired) electrons. The van der Waals surface area contributed by atoms with E-state index in [0.29, 0.717) is 11.4 Å². The Balaban J connectivity index is 1.28. The molecule has 1 fully saturated rings. The van der Waals surface area contributed by atoms with Crippen LogP contribution in [0.2, 0.25) is 0 Å². The van der Waals surface area contributed by atoms with Crippen LogP contribution in [0.4, 0.5) is 0 Å². The number of hydrogen-bond donors (Lipinski definition) is 0. The fraction of sp³-hybridized carbons (Fsp3) is 0.269. The van der Waals surface area contributed by atoms with Gasteiger partial charge in [-0.15, -0.1) is 0 Å². The van der Waals surface area contributed by atoms with Gasteiger partial charge in [-0.3, -0.25) is 14.3 Å². The first-order valence-corrected chi connectivity index (χ1v) is 11.8. The van der Waals surface area contributed by atoms with Crippen LogP contribution < -0.4 is 4.74 Å². The van der Waals surface area contributed by atoms with Gasteiger partial charge in [-0.1, -0.05) is 6.07 Å². The number of hydrogen-bond acceptors (Lipinski definition) is 7. The highest BCUT2D eigenvalue weighted by Crippen LogP contribution is 2.33. The van der Waals surface area contributed by atoms with Crippen LogP contribution in [0.3, 0.4) is 0 Å². The van der Waals surface area contributed by atoms with Crippen LogP contribution in [-0.4, -0.2) is 59.3 Å². The zero-order chi connectivity index (χ0) is 24.6. The van der Waals surface area contributed by atoms with Crippen molar-refractivity contribution in [3.8, 4) is 34.2 Å². The van der Waals surface area contributed by atoms with Gasteiger partial charge < -0.3 is 4.74 Å². The number of rotatable bonds is 6. The molecule has 36 heavy (non-hydrogen) atoms. The molecule has 180 valence electrons. The van der Waals surface area contributed by atoms with E-state index in [1.165, 1.54) is 0 Å². The number of nitrogens with zero attached hydrogens (tertiary/aromatic N) is 9. The summed E-state index contributed by atoms with van der Waals surface area (Å²) in [5.74, 6) is 0.626. The van der Waals surface area contributed by atoms with E-state index in [0.717, 1.165) is 59.4 Å². The van der Waals surface area contributed by atoms with Crippen molar-refractivity contribution < 1.29 is 4.74 Å². The van der Waals surface area contributed by atoms with Crippen molar-refractivity contribution >= 4 is 5.52 Å². The molecule has 1 aliphatic rings. The molecule has 1 aliphatic heterocycles. The SMILES string of the molecule is COc1ccc(CN2CCC(n3cc(-c4cc(-c5cnn(C)c5)cn5ncc(C#N)c45)cn3)C2)cn1. The second-order valence-corrected chi connectivity index (χ2v) is 9.10. The first kappa shape index (κ1) is 22.0. The van der Waals surface area contributed by atoms with Gasteiger partial charge >= 0.3 is 0 Å². The predicted octanol–water partition coefficient (Wildman–Crippen LogP) is 3.32. The van der Waals surface area contributed by atoms with Crippen molar-refractivity contribution in [1.82, 2.24) is 39.1 Å². The lowest BCUT2D eigenvalue weighted by Crippen LogP contribution is -2.21. The number of likely N-dealkylation sites (tertiary alicyclic amines) is 1. The normalized spacial score (nSPS) is 16.0.